The smallest absolute Gasteiger partial charge is 0.328 e. The highest BCUT2D eigenvalue weighted by Gasteiger charge is 2.17. The van der Waals surface area contributed by atoms with Gasteiger partial charge in [0.15, 0.2) is 5.82 Å². The zero-order valence-electron chi connectivity index (χ0n) is 11.9. The van der Waals surface area contributed by atoms with Crippen LogP contribution in [0, 0.1) is 13.8 Å². The SMILES string of the molecule is Cc1cc2cc3c(=O)n(C)c(=O)nc-3n(C)c2cc1C. The lowest BCUT2D eigenvalue weighted by Crippen LogP contribution is -2.35. The van der Waals surface area contributed by atoms with Crippen LogP contribution in [0.5, 0.6) is 0 Å². The number of hydrogen-bond acceptors (Lipinski definition) is 3. The maximum atomic E-state index is 12.2. The van der Waals surface area contributed by atoms with Gasteiger partial charge in [0.2, 0.25) is 0 Å². The normalized spacial score (nSPS) is 11.4. The van der Waals surface area contributed by atoms with E-state index in [1.807, 2.05) is 33.0 Å². The predicted octanol–water partition coefficient (Wildman–Crippen LogP) is 1.35. The Balaban J connectivity index is 2.61. The molecule has 0 aromatic heterocycles. The Labute approximate surface area is 115 Å². The summed E-state index contributed by atoms with van der Waals surface area (Å²) in [5.74, 6) is 0.425. The molecule has 3 rings (SSSR count). The van der Waals surface area contributed by atoms with E-state index >= 15 is 0 Å². The van der Waals surface area contributed by atoms with Crippen molar-refractivity contribution in [2.45, 2.75) is 13.8 Å². The average molecular weight is 269 g/mol. The molecule has 0 saturated carbocycles. The Morgan fingerprint density at radius 3 is 2.30 bits per heavy atom. The van der Waals surface area contributed by atoms with Crippen LogP contribution in [0.25, 0.3) is 22.3 Å². The molecule has 0 atom stereocenters. The molecule has 0 unspecified atom stereocenters. The lowest BCUT2D eigenvalue weighted by molar-refractivity contribution is 0.757. The van der Waals surface area contributed by atoms with Crippen molar-refractivity contribution >= 4 is 10.9 Å². The highest BCUT2D eigenvalue weighted by molar-refractivity contribution is 5.86. The molecule has 0 bridgehead atoms. The van der Waals surface area contributed by atoms with Crippen LogP contribution in [0.2, 0.25) is 0 Å². The van der Waals surface area contributed by atoms with Gasteiger partial charge in [-0.15, -0.1) is 0 Å². The Hall–Kier alpha value is -2.43. The molecule has 0 fully saturated rings. The molecule has 5 nitrogen and oxygen atoms in total. The maximum Gasteiger partial charge on any atom is 0.352 e. The Kier molecular flexibility index (Phi) is 2.54. The van der Waals surface area contributed by atoms with Crippen molar-refractivity contribution < 1.29 is 0 Å². The third kappa shape index (κ3) is 1.59. The number of nitrogens with zero attached hydrogens (tertiary/aromatic N) is 3. The quantitative estimate of drug-likeness (QED) is 0.579. The van der Waals surface area contributed by atoms with E-state index in [0.717, 1.165) is 15.5 Å². The Morgan fingerprint density at radius 2 is 1.60 bits per heavy atom. The fourth-order valence-corrected chi connectivity index (χ4v) is 2.47. The van der Waals surface area contributed by atoms with Crippen LogP contribution in [0.1, 0.15) is 11.1 Å². The molecule has 2 heterocycles. The monoisotopic (exact) mass is 269 g/mol. The van der Waals surface area contributed by atoms with Crippen molar-refractivity contribution in [3.8, 4) is 11.4 Å². The van der Waals surface area contributed by atoms with Gasteiger partial charge >= 0.3 is 5.69 Å². The van der Waals surface area contributed by atoms with E-state index in [4.69, 9.17) is 0 Å². The number of hydrogen-bond donors (Lipinski definition) is 0. The first kappa shape index (κ1) is 12.6. The topological polar surface area (TPSA) is 56.9 Å². The molecule has 0 aliphatic carbocycles. The molecule has 20 heavy (non-hydrogen) atoms. The zero-order valence-corrected chi connectivity index (χ0v) is 11.9. The van der Waals surface area contributed by atoms with Crippen LogP contribution in [0.4, 0.5) is 0 Å². The van der Waals surface area contributed by atoms with E-state index < -0.39 is 5.69 Å². The molecule has 0 spiro atoms. The van der Waals surface area contributed by atoms with Gasteiger partial charge in [0.1, 0.15) is 0 Å². The van der Waals surface area contributed by atoms with Crippen LogP contribution in [0.3, 0.4) is 0 Å². The van der Waals surface area contributed by atoms with E-state index in [-0.39, 0.29) is 5.56 Å². The van der Waals surface area contributed by atoms with Gasteiger partial charge in [0.25, 0.3) is 5.56 Å². The van der Waals surface area contributed by atoms with Gasteiger partial charge in [-0.3, -0.25) is 9.36 Å². The van der Waals surface area contributed by atoms with Gasteiger partial charge in [0, 0.05) is 19.6 Å². The summed E-state index contributed by atoms with van der Waals surface area (Å²) in [6.07, 6.45) is 0. The summed E-state index contributed by atoms with van der Waals surface area (Å²) in [7, 11) is 3.27. The molecular formula is C15H15N3O2. The number of aromatic nitrogens is 3. The summed E-state index contributed by atoms with van der Waals surface area (Å²) in [5.41, 5.74) is 2.92. The number of aryl methyl sites for hydroxylation is 3. The van der Waals surface area contributed by atoms with E-state index in [1.165, 1.54) is 18.2 Å². The van der Waals surface area contributed by atoms with Crippen molar-refractivity contribution in [2.24, 2.45) is 14.1 Å². The van der Waals surface area contributed by atoms with Crippen LogP contribution >= 0.6 is 0 Å². The van der Waals surface area contributed by atoms with Crippen LogP contribution < -0.4 is 11.2 Å². The van der Waals surface area contributed by atoms with Crippen LogP contribution in [0.15, 0.2) is 27.8 Å². The predicted molar refractivity (Wildman–Crippen MR) is 78.3 cm³/mol. The minimum absolute atomic E-state index is 0.310. The molecule has 1 aromatic rings. The van der Waals surface area contributed by atoms with Gasteiger partial charge in [-0.25, -0.2) is 4.79 Å². The molecule has 5 heteroatoms. The van der Waals surface area contributed by atoms with Gasteiger partial charge in [-0.2, -0.15) is 4.98 Å². The molecule has 0 radical (unpaired) electrons. The molecular weight excluding hydrogens is 254 g/mol. The lowest BCUT2D eigenvalue weighted by Gasteiger charge is -2.15. The number of fused-ring (bicyclic) bond motifs is 2. The van der Waals surface area contributed by atoms with E-state index in [0.29, 0.717) is 11.4 Å². The van der Waals surface area contributed by atoms with Gasteiger partial charge in [-0.1, -0.05) is 0 Å². The van der Waals surface area contributed by atoms with Crippen molar-refractivity contribution in [3.05, 3.63) is 50.2 Å². The molecule has 102 valence electrons. The first-order chi connectivity index (χ1) is 9.40. The summed E-state index contributed by atoms with van der Waals surface area (Å²) < 4.78 is 2.84. The largest absolute Gasteiger partial charge is 0.352 e. The highest BCUT2D eigenvalue weighted by Crippen LogP contribution is 2.25. The number of pyridine rings is 1. The molecule has 1 aromatic carbocycles. The van der Waals surface area contributed by atoms with Crippen LogP contribution in [-0.2, 0) is 14.1 Å². The Bertz CT molecular complexity index is 935. The summed E-state index contributed by atoms with van der Waals surface area (Å²) in [6.45, 7) is 4.07. The first-order valence-corrected chi connectivity index (χ1v) is 6.38. The standard InChI is InChI=1S/C15H15N3O2/c1-8-5-10-7-11-13(16-15(20)18(4)14(11)19)17(3)12(10)6-9(8)2/h5-7H,1-4H3. The number of rotatable bonds is 0. The third-order valence-electron chi connectivity index (χ3n) is 3.89. The summed E-state index contributed by atoms with van der Waals surface area (Å²) in [5, 5.41) is 0.973. The fourth-order valence-electron chi connectivity index (χ4n) is 2.47. The molecule has 2 aliphatic heterocycles. The van der Waals surface area contributed by atoms with Crippen molar-refractivity contribution in [1.29, 1.82) is 0 Å². The average Bonchev–Trinajstić information content (AvgIpc) is 2.41. The maximum absolute atomic E-state index is 12.2. The highest BCUT2D eigenvalue weighted by atomic mass is 16.2. The second-order valence-electron chi connectivity index (χ2n) is 5.19. The minimum Gasteiger partial charge on any atom is -0.328 e. The van der Waals surface area contributed by atoms with E-state index in [2.05, 4.69) is 11.1 Å². The minimum atomic E-state index is -0.527. The Morgan fingerprint density at radius 1 is 0.950 bits per heavy atom. The van der Waals surface area contributed by atoms with Gasteiger partial charge in [-0.05, 0) is 48.6 Å². The van der Waals surface area contributed by atoms with Crippen molar-refractivity contribution in [2.75, 3.05) is 0 Å². The van der Waals surface area contributed by atoms with Crippen molar-refractivity contribution in [1.82, 2.24) is 14.1 Å². The van der Waals surface area contributed by atoms with E-state index in [1.54, 1.807) is 4.57 Å². The summed E-state index contributed by atoms with van der Waals surface area (Å²) in [4.78, 5) is 27.9. The zero-order chi connectivity index (χ0) is 14.6. The second kappa shape index (κ2) is 4.03. The summed E-state index contributed by atoms with van der Waals surface area (Å²) in [6, 6.07) is 5.91. The molecule has 0 N–H and O–H groups in total. The van der Waals surface area contributed by atoms with Crippen molar-refractivity contribution in [3.63, 3.8) is 0 Å². The van der Waals surface area contributed by atoms with E-state index in [9.17, 15) is 9.59 Å². The molecule has 2 aliphatic rings. The lowest BCUT2D eigenvalue weighted by atomic mass is 10.0. The first-order valence-electron chi connectivity index (χ1n) is 6.38. The molecule has 0 saturated heterocycles. The van der Waals surface area contributed by atoms with Gasteiger partial charge < -0.3 is 4.57 Å². The summed E-state index contributed by atoms with van der Waals surface area (Å²) >= 11 is 0. The third-order valence-corrected chi connectivity index (χ3v) is 3.89. The fraction of sp³-hybridized carbons (Fsp3) is 0.267. The second-order valence-corrected chi connectivity index (χ2v) is 5.19. The number of benzene rings is 1. The van der Waals surface area contributed by atoms with Gasteiger partial charge in [0.05, 0.1) is 5.56 Å². The molecule has 0 amide bonds. The van der Waals surface area contributed by atoms with Crippen LogP contribution in [-0.4, -0.2) is 14.1 Å².